The summed E-state index contributed by atoms with van der Waals surface area (Å²) in [6.07, 6.45) is 10.4. The SMILES string of the molecule is CC(C)(C)OC(=O)N1CCCC1COCc1cncc(CCCc2cccc3c(CC[N+](=O)[O-])c[nH]c23)c1. The molecule has 1 unspecified atom stereocenters. The number of fused-ring (bicyclic) bond motifs is 1. The van der Waals surface area contributed by atoms with Gasteiger partial charge in [-0.15, -0.1) is 0 Å². The van der Waals surface area contributed by atoms with Gasteiger partial charge in [-0.2, -0.15) is 0 Å². The van der Waals surface area contributed by atoms with Gasteiger partial charge in [0.05, 0.1) is 19.3 Å². The zero-order valence-electron chi connectivity index (χ0n) is 22.6. The summed E-state index contributed by atoms with van der Waals surface area (Å²) in [4.78, 5) is 32.5. The third kappa shape index (κ3) is 7.54. The first-order chi connectivity index (χ1) is 18.2. The van der Waals surface area contributed by atoms with Crippen LogP contribution >= 0.6 is 0 Å². The lowest BCUT2D eigenvalue weighted by molar-refractivity contribution is -0.479. The number of carbonyl (C=O) groups excluding carboxylic acids is 1. The smallest absolute Gasteiger partial charge is 0.410 e. The predicted octanol–water partition coefficient (Wildman–Crippen LogP) is 5.47. The summed E-state index contributed by atoms with van der Waals surface area (Å²) in [6.45, 7) is 7.21. The molecule has 0 bridgehead atoms. The maximum atomic E-state index is 12.5. The van der Waals surface area contributed by atoms with E-state index in [4.69, 9.17) is 9.47 Å². The summed E-state index contributed by atoms with van der Waals surface area (Å²) in [5.74, 6) is 0. The number of pyridine rings is 1. The normalized spacial score (nSPS) is 15.8. The van der Waals surface area contributed by atoms with Crippen LogP contribution < -0.4 is 0 Å². The molecule has 9 nitrogen and oxygen atoms in total. The molecular weight excluding hydrogens is 484 g/mol. The standard InChI is InChI=1S/C29H38N4O5/c1-29(2,3)38-28(34)32-13-6-10-25(32)20-37-19-22-15-21(16-30-17-22)7-4-8-23-9-5-11-26-24(12-14-33(35)36)18-31-27(23)26/h5,9,11,15-18,25,31H,4,6-8,10,12-14,19-20H2,1-3H3. The largest absolute Gasteiger partial charge is 0.444 e. The number of H-pyrrole nitrogens is 1. The van der Waals surface area contributed by atoms with E-state index in [1.54, 1.807) is 4.90 Å². The van der Waals surface area contributed by atoms with Crippen LogP contribution in [0.5, 0.6) is 0 Å². The lowest BCUT2D eigenvalue weighted by Gasteiger charge is -2.28. The zero-order valence-corrected chi connectivity index (χ0v) is 22.6. The molecule has 38 heavy (non-hydrogen) atoms. The predicted molar refractivity (Wildman–Crippen MR) is 146 cm³/mol. The van der Waals surface area contributed by atoms with Gasteiger partial charge < -0.3 is 19.4 Å². The van der Waals surface area contributed by atoms with E-state index in [0.717, 1.165) is 59.7 Å². The molecule has 1 aromatic carbocycles. The second-order valence-corrected chi connectivity index (χ2v) is 11.0. The van der Waals surface area contributed by atoms with Crippen LogP contribution in [0, 0.1) is 10.1 Å². The molecule has 0 radical (unpaired) electrons. The first-order valence-corrected chi connectivity index (χ1v) is 13.4. The summed E-state index contributed by atoms with van der Waals surface area (Å²) in [6, 6.07) is 8.34. The van der Waals surface area contributed by atoms with Crippen molar-refractivity contribution in [2.45, 2.75) is 77.5 Å². The first-order valence-electron chi connectivity index (χ1n) is 13.4. The number of aryl methyl sites for hydroxylation is 2. The van der Waals surface area contributed by atoms with Crippen molar-refractivity contribution in [3.05, 3.63) is 75.2 Å². The van der Waals surface area contributed by atoms with Gasteiger partial charge in [0.2, 0.25) is 6.54 Å². The third-order valence-electron chi connectivity index (χ3n) is 6.80. The fourth-order valence-corrected chi connectivity index (χ4v) is 5.02. The van der Waals surface area contributed by atoms with Crippen LogP contribution in [0.4, 0.5) is 4.79 Å². The molecule has 1 amide bonds. The van der Waals surface area contributed by atoms with Crippen LogP contribution in [0.2, 0.25) is 0 Å². The third-order valence-corrected chi connectivity index (χ3v) is 6.80. The quantitative estimate of drug-likeness (QED) is 0.264. The molecule has 1 saturated heterocycles. The van der Waals surface area contributed by atoms with E-state index >= 15 is 0 Å². The van der Waals surface area contributed by atoms with Crippen molar-refractivity contribution in [1.29, 1.82) is 0 Å². The van der Waals surface area contributed by atoms with Crippen molar-refractivity contribution in [1.82, 2.24) is 14.9 Å². The minimum absolute atomic E-state index is 0.0387. The van der Waals surface area contributed by atoms with E-state index in [-0.39, 0.29) is 23.6 Å². The van der Waals surface area contributed by atoms with Crippen LogP contribution in [0.25, 0.3) is 10.9 Å². The van der Waals surface area contributed by atoms with Crippen LogP contribution in [-0.4, -0.2) is 57.2 Å². The minimum atomic E-state index is -0.507. The monoisotopic (exact) mass is 522 g/mol. The van der Waals surface area contributed by atoms with Gasteiger partial charge in [0, 0.05) is 47.4 Å². The van der Waals surface area contributed by atoms with E-state index in [2.05, 4.69) is 22.1 Å². The number of hydrogen-bond donors (Lipinski definition) is 1. The van der Waals surface area contributed by atoms with E-state index in [0.29, 0.717) is 26.2 Å². The Labute approximate surface area is 223 Å². The van der Waals surface area contributed by atoms with Crippen molar-refractivity contribution in [2.75, 3.05) is 19.7 Å². The van der Waals surface area contributed by atoms with E-state index in [1.807, 2.05) is 51.5 Å². The second-order valence-electron chi connectivity index (χ2n) is 11.0. The molecule has 1 atom stereocenters. The minimum Gasteiger partial charge on any atom is -0.444 e. The average Bonchev–Trinajstić information content (AvgIpc) is 3.50. The number of nitro groups is 1. The Morgan fingerprint density at radius 1 is 1.18 bits per heavy atom. The van der Waals surface area contributed by atoms with Crippen LogP contribution in [0.15, 0.2) is 42.9 Å². The molecule has 0 spiro atoms. The molecule has 9 heteroatoms. The number of hydrogen-bond acceptors (Lipinski definition) is 6. The molecule has 4 rings (SSSR count). The Morgan fingerprint density at radius 2 is 2.00 bits per heavy atom. The number of para-hydroxylation sites is 1. The van der Waals surface area contributed by atoms with E-state index in [9.17, 15) is 14.9 Å². The Bertz CT molecular complexity index is 1250. The van der Waals surface area contributed by atoms with Crippen LogP contribution in [-0.2, 0) is 35.3 Å². The van der Waals surface area contributed by atoms with Gasteiger partial charge in [0.15, 0.2) is 0 Å². The highest BCUT2D eigenvalue weighted by Gasteiger charge is 2.32. The molecule has 1 fully saturated rings. The summed E-state index contributed by atoms with van der Waals surface area (Å²) < 4.78 is 11.5. The van der Waals surface area contributed by atoms with Crippen LogP contribution in [0.1, 0.15) is 62.3 Å². The molecule has 2 aromatic heterocycles. The average molecular weight is 523 g/mol. The number of rotatable bonds is 11. The van der Waals surface area contributed by atoms with Crippen molar-refractivity contribution < 1.29 is 19.2 Å². The van der Waals surface area contributed by atoms with Gasteiger partial charge in [0.25, 0.3) is 0 Å². The summed E-state index contributed by atoms with van der Waals surface area (Å²) >= 11 is 0. The van der Waals surface area contributed by atoms with Crippen molar-refractivity contribution >= 4 is 17.0 Å². The van der Waals surface area contributed by atoms with Gasteiger partial charge in [0.1, 0.15) is 5.60 Å². The molecule has 204 valence electrons. The molecule has 3 aromatic rings. The van der Waals surface area contributed by atoms with Gasteiger partial charge in [-0.05, 0) is 75.1 Å². The van der Waals surface area contributed by atoms with E-state index < -0.39 is 5.60 Å². The summed E-state index contributed by atoms with van der Waals surface area (Å²) in [5, 5.41) is 11.8. The molecule has 0 aliphatic carbocycles. The Kier molecular flexibility index (Phi) is 8.99. The van der Waals surface area contributed by atoms with Gasteiger partial charge >= 0.3 is 6.09 Å². The number of likely N-dealkylation sites (tertiary alicyclic amines) is 1. The maximum absolute atomic E-state index is 12.5. The Hall–Kier alpha value is -3.46. The number of benzene rings is 1. The van der Waals surface area contributed by atoms with Crippen LogP contribution in [0.3, 0.4) is 0 Å². The lowest BCUT2D eigenvalue weighted by Crippen LogP contribution is -2.41. The maximum Gasteiger partial charge on any atom is 0.410 e. The molecule has 3 heterocycles. The topological polar surface area (TPSA) is 111 Å². The molecule has 1 N–H and O–H groups in total. The van der Waals surface area contributed by atoms with Crippen molar-refractivity contribution in [2.24, 2.45) is 0 Å². The number of ether oxygens (including phenoxy) is 2. The number of nitrogens with one attached hydrogen (secondary N) is 1. The summed E-state index contributed by atoms with van der Waals surface area (Å²) in [7, 11) is 0. The first kappa shape index (κ1) is 27.6. The number of aromatic nitrogens is 2. The fraction of sp³-hybridized carbons (Fsp3) is 0.517. The number of aromatic amines is 1. The molecule has 0 saturated carbocycles. The van der Waals surface area contributed by atoms with Gasteiger partial charge in [-0.25, -0.2) is 4.79 Å². The Balaban J connectivity index is 1.26. The van der Waals surface area contributed by atoms with Crippen molar-refractivity contribution in [3.63, 3.8) is 0 Å². The second kappa shape index (κ2) is 12.4. The summed E-state index contributed by atoms with van der Waals surface area (Å²) in [5.41, 5.74) is 4.95. The fourth-order valence-electron chi connectivity index (χ4n) is 5.02. The van der Waals surface area contributed by atoms with Gasteiger partial charge in [-0.1, -0.05) is 24.3 Å². The number of nitrogens with zero attached hydrogens (tertiary/aromatic N) is 3. The Morgan fingerprint density at radius 3 is 2.79 bits per heavy atom. The van der Waals surface area contributed by atoms with Crippen molar-refractivity contribution in [3.8, 4) is 0 Å². The molecule has 1 aliphatic heterocycles. The zero-order chi connectivity index (χ0) is 27.1. The number of amides is 1. The molecule has 1 aliphatic rings. The highest BCUT2D eigenvalue weighted by atomic mass is 16.6. The number of carbonyl (C=O) groups is 1. The van der Waals surface area contributed by atoms with Gasteiger partial charge in [-0.3, -0.25) is 15.1 Å². The lowest BCUT2D eigenvalue weighted by atomic mass is 10.0. The van der Waals surface area contributed by atoms with E-state index in [1.165, 1.54) is 5.56 Å². The highest BCUT2D eigenvalue weighted by Crippen LogP contribution is 2.24. The highest BCUT2D eigenvalue weighted by molar-refractivity contribution is 5.86. The molecular formula is C29H38N4O5.